The lowest BCUT2D eigenvalue weighted by atomic mass is 10.2. The van der Waals surface area contributed by atoms with Gasteiger partial charge in [-0.3, -0.25) is 0 Å². The zero-order chi connectivity index (χ0) is 10.4. The fraction of sp³-hybridized carbons (Fsp3) is 0.455. The molecular formula is C11H16O3. The quantitative estimate of drug-likeness (QED) is 0.709. The van der Waals surface area contributed by atoms with Gasteiger partial charge in [0.15, 0.2) is 11.5 Å². The van der Waals surface area contributed by atoms with Crippen molar-refractivity contribution in [2.45, 2.75) is 26.4 Å². The molecule has 0 amide bonds. The van der Waals surface area contributed by atoms with Crippen LogP contribution in [0.4, 0.5) is 0 Å². The summed E-state index contributed by atoms with van der Waals surface area (Å²) in [5, 5.41) is 18.3. The van der Waals surface area contributed by atoms with Gasteiger partial charge in [0.25, 0.3) is 0 Å². The maximum Gasteiger partial charge on any atom is 0.160 e. The van der Waals surface area contributed by atoms with Crippen LogP contribution in [0.2, 0.25) is 0 Å². The molecular weight excluding hydrogens is 180 g/mol. The Morgan fingerprint density at radius 2 is 2.14 bits per heavy atom. The summed E-state index contributed by atoms with van der Waals surface area (Å²) in [7, 11) is 0. The number of phenols is 1. The first-order chi connectivity index (χ1) is 6.77. The minimum Gasteiger partial charge on any atom is -0.504 e. The molecule has 0 aliphatic heterocycles. The molecule has 0 saturated carbocycles. The van der Waals surface area contributed by atoms with Gasteiger partial charge in [0.05, 0.1) is 13.2 Å². The molecule has 0 aliphatic carbocycles. The van der Waals surface area contributed by atoms with E-state index < -0.39 is 0 Å². The Balaban J connectivity index is 2.59. The maximum absolute atomic E-state index is 9.49. The molecule has 0 atom stereocenters. The number of rotatable bonds is 5. The van der Waals surface area contributed by atoms with Crippen molar-refractivity contribution < 1.29 is 14.9 Å². The standard InChI is InChI=1S/C11H16O3/c1-2-3-6-14-11-5-4-9(8-12)7-10(11)13/h4-5,7,12-13H,2-3,6,8H2,1H3. The third-order valence-electron chi connectivity index (χ3n) is 1.96. The van der Waals surface area contributed by atoms with E-state index in [1.54, 1.807) is 12.1 Å². The van der Waals surface area contributed by atoms with Gasteiger partial charge in [-0.1, -0.05) is 19.4 Å². The molecule has 0 bridgehead atoms. The third kappa shape index (κ3) is 2.92. The van der Waals surface area contributed by atoms with Crippen LogP contribution in [-0.4, -0.2) is 16.8 Å². The van der Waals surface area contributed by atoms with Gasteiger partial charge in [-0.25, -0.2) is 0 Å². The van der Waals surface area contributed by atoms with Crippen molar-refractivity contribution in [3.63, 3.8) is 0 Å². The van der Waals surface area contributed by atoms with E-state index in [9.17, 15) is 5.11 Å². The number of aliphatic hydroxyl groups excluding tert-OH is 1. The molecule has 0 heterocycles. The highest BCUT2D eigenvalue weighted by molar-refractivity contribution is 5.41. The second-order valence-electron chi connectivity index (χ2n) is 3.16. The van der Waals surface area contributed by atoms with E-state index in [1.807, 2.05) is 0 Å². The smallest absolute Gasteiger partial charge is 0.160 e. The van der Waals surface area contributed by atoms with Gasteiger partial charge in [-0.2, -0.15) is 0 Å². The van der Waals surface area contributed by atoms with Crippen molar-refractivity contribution >= 4 is 0 Å². The Morgan fingerprint density at radius 3 is 2.71 bits per heavy atom. The molecule has 0 aromatic heterocycles. The molecule has 0 radical (unpaired) electrons. The zero-order valence-electron chi connectivity index (χ0n) is 8.36. The van der Waals surface area contributed by atoms with Crippen molar-refractivity contribution in [3.05, 3.63) is 23.8 Å². The van der Waals surface area contributed by atoms with Gasteiger partial charge < -0.3 is 14.9 Å². The van der Waals surface area contributed by atoms with Gasteiger partial charge in [0.1, 0.15) is 0 Å². The molecule has 2 N–H and O–H groups in total. The van der Waals surface area contributed by atoms with E-state index in [2.05, 4.69) is 6.92 Å². The Morgan fingerprint density at radius 1 is 1.36 bits per heavy atom. The lowest BCUT2D eigenvalue weighted by Gasteiger charge is -2.07. The number of unbranched alkanes of at least 4 members (excludes halogenated alkanes) is 1. The molecule has 0 aliphatic rings. The Kier molecular flexibility index (Phi) is 4.26. The van der Waals surface area contributed by atoms with Gasteiger partial charge in [0, 0.05) is 0 Å². The van der Waals surface area contributed by atoms with Crippen LogP contribution in [0, 0.1) is 0 Å². The molecule has 1 aromatic carbocycles. The van der Waals surface area contributed by atoms with Crippen molar-refractivity contribution in [2.75, 3.05) is 6.61 Å². The average Bonchev–Trinajstić information content (AvgIpc) is 2.20. The first-order valence-corrected chi connectivity index (χ1v) is 4.83. The Bertz CT molecular complexity index is 284. The summed E-state index contributed by atoms with van der Waals surface area (Å²) in [6.45, 7) is 2.63. The minimum absolute atomic E-state index is 0.0667. The van der Waals surface area contributed by atoms with E-state index in [1.165, 1.54) is 6.07 Å². The predicted molar refractivity (Wildman–Crippen MR) is 54.4 cm³/mol. The molecule has 78 valence electrons. The van der Waals surface area contributed by atoms with Crippen LogP contribution in [0.5, 0.6) is 11.5 Å². The topological polar surface area (TPSA) is 49.7 Å². The van der Waals surface area contributed by atoms with E-state index in [0.717, 1.165) is 12.8 Å². The molecule has 0 unspecified atom stereocenters. The first-order valence-electron chi connectivity index (χ1n) is 4.83. The van der Waals surface area contributed by atoms with E-state index in [4.69, 9.17) is 9.84 Å². The Hall–Kier alpha value is -1.22. The predicted octanol–water partition coefficient (Wildman–Crippen LogP) is 2.06. The molecule has 14 heavy (non-hydrogen) atoms. The second kappa shape index (κ2) is 5.50. The lowest BCUT2D eigenvalue weighted by Crippen LogP contribution is -1.97. The Labute approximate surface area is 84.0 Å². The van der Waals surface area contributed by atoms with E-state index >= 15 is 0 Å². The fourth-order valence-corrected chi connectivity index (χ4v) is 1.11. The number of hydrogen-bond donors (Lipinski definition) is 2. The average molecular weight is 196 g/mol. The van der Waals surface area contributed by atoms with Crippen LogP contribution >= 0.6 is 0 Å². The number of phenolic OH excluding ortho intramolecular Hbond substituents is 1. The van der Waals surface area contributed by atoms with Crippen LogP contribution in [-0.2, 0) is 6.61 Å². The summed E-state index contributed by atoms with van der Waals surface area (Å²) >= 11 is 0. The maximum atomic E-state index is 9.49. The summed E-state index contributed by atoms with van der Waals surface area (Å²) in [5.41, 5.74) is 0.686. The third-order valence-corrected chi connectivity index (χ3v) is 1.96. The summed E-state index contributed by atoms with van der Waals surface area (Å²) in [4.78, 5) is 0. The van der Waals surface area contributed by atoms with Crippen molar-refractivity contribution in [1.29, 1.82) is 0 Å². The number of hydrogen-bond acceptors (Lipinski definition) is 3. The number of ether oxygens (including phenoxy) is 1. The monoisotopic (exact) mass is 196 g/mol. The van der Waals surface area contributed by atoms with Crippen LogP contribution in [0.1, 0.15) is 25.3 Å². The molecule has 3 heteroatoms. The molecule has 3 nitrogen and oxygen atoms in total. The lowest BCUT2D eigenvalue weighted by molar-refractivity contribution is 0.277. The van der Waals surface area contributed by atoms with Crippen LogP contribution in [0.3, 0.4) is 0 Å². The number of aromatic hydroxyl groups is 1. The van der Waals surface area contributed by atoms with Gasteiger partial charge in [-0.05, 0) is 24.1 Å². The molecule has 1 aromatic rings. The summed E-state index contributed by atoms with van der Waals surface area (Å²) < 4.78 is 5.35. The minimum atomic E-state index is -0.0667. The normalized spacial score (nSPS) is 10.1. The summed E-state index contributed by atoms with van der Waals surface area (Å²) in [5.74, 6) is 0.573. The number of benzene rings is 1. The highest BCUT2D eigenvalue weighted by Gasteiger charge is 2.02. The van der Waals surface area contributed by atoms with Crippen molar-refractivity contribution in [3.8, 4) is 11.5 Å². The number of aliphatic hydroxyl groups is 1. The van der Waals surface area contributed by atoms with Gasteiger partial charge in [0.2, 0.25) is 0 Å². The van der Waals surface area contributed by atoms with E-state index in [-0.39, 0.29) is 12.4 Å². The van der Waals surface area contributed by atoms with Crippen molar-refractivity contribution in [1.82, 2.24) is 0 Å². The fourth-order valence-electron chi connectivity index (χ4n) is 1.11. The second-order valence-corrected chi connectivity index (χ2v) is 3.16. The molecule has 1 rings (SSSR count). The van der Waals surface area contributed by atoms with E-state index in [0.29, 0.717) is 17.9 Å². The zero-order valence-corrected chi connectivity index (χ0v) is 8.36. The first kappa shape index (κ1) is 10.9. The SMILES string of the molecule is CCCCOc1ccc(CO)cc1O. The van der Waals surface area contributed by atoms with Gasteiger partial charge >= 0.3 is 0 Å². The largest absolute Gasteiger partial charge is 0.504 e. The molecule has 0 spiro atoms. The summed E-state index contributed by atoms with van der Waals surface area (Å²) in [6, 6.07) is 4.93. The summed E-state index contributed by atoms with van der Waals surface area (Å²) in [6.07, 6.45) is 2.04. The van der Waals surface area contributed by atoms with Crippen LogP contribution in [0.15, 0.2) is 18.2 Å². The van der Waals surface area contributed by atoms with Crippen LogP contribution < -0.4 is 4.74 Å². The highest BCUT2D eigenvalue weighted by Crippen LogP contribution is 2.26. The highest BCUT2D eigenvalue weighted by atomic mass is 16.5. The van der Waals surface area contributed by atoms with Gasteiger partial charge in [-0.15, -0.1) is 0 Å². The van der Waals surface area contributed by atoms with Crippen LogP contribution in [0.25, 0.3) is 0 Å². The molecule has 0 fully saturated rings. The molecule has 0 saturated heterocycles. The van der Waals surface area contributed by atoms with Crippen molar-refractivity contribution in [2.24, 2.45) is 0 Å².